The maximum absolute atomic E-state index is 14.1. The molecule has 0 radical (unpaired) electrons. The minimum atomic E-state index is -0.528. The molecule has 0 unspecified atom stereocenters. The molecule has 126 valence electrons. The molecule has 0 heterocycles. The smallest absolute Gasteiger partial charge is 0.343 e. The van der Waals surface area contributed by atoms with Crippen LogP contribution in [0, 0.1) is 5.82 Å². The van der Waals surface area contributed by atoms with Crippen molar-refractivity contribution >= 4 is 5.97 Å². The molecule has 2 aromatic carbocycles. The van der Waals surface area contributed by atoms with E-state index in [0.717, 1.165) is 25.7 Å². The van der Waals surface area contributed by atoms with E-state index in [4.69, 9.17) is 9.47 Å². The molecule has 3 rings (SSSR count). The summed E-state index contributed by atoms with van der Waals surface area (Å²) in [6, 6.07) is 12.9. The molecule has 0 atom stereocenters. The van der Waals surface area contributed by atoms with E-state index in [1.807, 2.05) is 13.0 Å². The van der Waals surface area contributed by atoms with Crippen molar-refractivity contribution in [1.82, 2.24) is 0 Å². The molecule has 24 heavy (non-hydrogen) atoms. The van der Waals surface area contributed by atoms with Crippen LogP contribution in [0.25, 0.3) is 0 Å². The van der Waals surface area contributed by atoms with Crippen molar-refractivity contribution in [2.45, 2.75) is 44.6 Å². The number of hydrogen-bond donors (Lipinski definition) is 0. The Labute approximate surface area is 141 Å². The zero-order valence-electron chi connectivity index (χ0n) is 13.8. The van der Waals surface area contributed by atoms with Gasteiger partial charge in [-0.1, -0.05) is 24.6 Å². The summed E-state index contributed by atoms with van der Waals surface area (Å²) in [6.07, 6.45) is 5.13. The predicted molar refractivity (Wildman–Crippen MR) is 89.9 cm³/mol. The highest BCUT2D eigenvalue weighted by Crippen LogP contribution is 2.34. The molecule has 2 aromatic rings. The van der Waals surface area contributed by atoms with Gasteiger partial charge in [0.2, 0.25) is 0 Å². The molecule has 4 heteroatoms. The highest BCUT2D eigenvalue weighted by molar-refractivity contribution is 5.91. The van der Waals surface area contributed by atoms with Crippen LogP contribution in [-0.4, -0.2) is 11.6 Å². The van der Waals surface area contributed by atoms with Crippen molar-refractivity contribution in [3.8, 4) is 11.5 Å². The van der Waals surface area contributed by atoms with Crippen LogP contribution in [0.5, 0.6) is 11.5 Å². The van der Waals surface area contributed by atoms with Gasteiger partial charge >= 0.3 is 5.97 Å². The summed E-state index contributed by atoms with van der Waals surface area (Å²) in [5.74, 6) is -0.423. The first kappa shape index (κ1) is 16.5. The van der Waals surface area contributed by atoms with Gasteiger partial charge in [0.25, 0.3) is 0 Å². The average Bonchev–Trinajstić information content (AvgIpc) is 2.58. The van der Waals surface area contributed by atoms with Crippen molar-refractivity contribution < 1.29 is 18.7 Å². The number of esters is 1. The van der Waals surface area contributed by atoms with Gasteiger partial charge in [-0.05, 0) is 62.9 Å². The van der Waals surface area contributed by atoms with Crippen LogP contribution >= 0.6 is 0 Å². The number of hydrogen-bond acceptors (Lipinski definition) is 3. The monoisotopic (exact) mass is 328 g/mol. The molecular formula is C20H21FO3. The fraction of sp³-hybridized carbons (Fsp3) is 0.350. The Morgan fingerprint density at radius 3 is 2.46 bits per heavy atom. The second-order valence-corrected chi connectivity index (χ2v) is 6.46. The molecule has 1 aliphatic rings. The standard InChI is InChI=1S/C20H21FO3/c1-20(12-6-3-7-13-20)24-18-14-15(10-11-17(18)21)19(22)23-16-8-4-2-5-9-16/h2,4-5,8-11,14H,3,6-7,12-13H2,1H3. The number of benzene rings is 2. The zero-order valence-corrected chi connectivity index (χ0v) is 13.8. The topological polar surface area (TPSA) is 35.5 Å². The summed E-state index contributed by atoms with van der Waals surface area (Å²) < 4.78 is 25.3. The Hall–Kier alpha value is -2.36. The number of rotatable bonds is 4. The lowest BCUT2D eigenvalue weighted by Gasteiger charge is -2.34. The van der Waals surface area contributed by atoms with E-state index in [1.165, 1.54) is 24.6 Å². The van der Waals surface area contributed by atoms with Crippen molar-refractivity contribution in [3.63, 3.8) is 0 Å². The number of halogens is 1. The van der Waals surface area contributed by atoms with Gasteiger partial charge < -0.3 is 9.47 Å². The van der Waals surface area contributed by atoms with Crippen LogP contribution in [0.4, 0.5) is 4.39 Å². The third-order valence-corrected chi connectivity index (χ3v) is 4.39. The van der Waals surface area contributed by atoms with E-state index in [2.05, 4.69) is 0 Å². The van der Waals surface area contributed by atoms with Gasteiger partial charge in [-0.25, -0.2) is 9.18 Å². The fourth-order valence-electron chi connectivity index (χ4n) is 3.03. The van der Waals surface area contributed by atoms with Crippen LogP contribution in [0.3, 0.4) is 0 Å². The Kier molecular flexibility index (Phi) is 4.84. The number of ether oxygens (including phenoxy) is 2. The maximum Gasteiger partial charge on any atom is 0.343 e. The lowest BCUT2D eigenvalue weighted by atomic mass is 9.86. The van der Waals surface area contributed by atoms with Crippen LogP contribution in [-0.2, 0) is 0 Å². The van der Waals surface area contributed by atoms with Gasteiger partial charge in [-0.3, -0.25) is 0 Å². The van der Waals surface area contributed by atoms with Gasteiger partial charge in [0, 0.05) is 0 Å². The predicted octanol–water partition coefficient (Wildman–Crippen LogP) is 5.15. The number of carbonyl (C=O) groups is 1. The zero-order chi connectivity index (χ0) is 17.0. The van der Waals surface area contributed by atoms with E-state index >= 15 is 0 Å². The second-order valence-electron chi connectivity index (χ2n) is 6.46. The van der Waals surface area contributed by atoms with E-state index < -0.39 is 11.8 Å². The summed E-state index contributed by atoms with van der Waals surface area (Å²) in [5.41, 5.74) is -0.101. The molecular weight excluding hydrogens is 307 g/mol. The van der Waals surface area contributed by atoms with Crippen LogP contribution in [0.15, 0.2) is 48.5 Å². The molecule has 0 N–H and O–H groups in total. The molecule has 0 saturated heterocycles. The third-order valence-electron chi connectivity index (χ3n) is 4.39. The van der Waals surface area contributed by atoms with Gasteiger partial charge in [0.1, 0.15) is 11.4 Å². The van der Waals surface area contributed by atoms with Crippen molar-refractivity contribution in [2.24, 2.45) is 0 Å². The Bertz CT molecular complexity index is 706. The molecule has 0 spiro atoms. The summed E-state index contributed by atoms with van der Waals surface area (Å²) in [6.45, 7) is 2.00. The van der Waals surface area contributed by atoms with Gasteiger partial charge in [-0.2, -0.15) is 0 Å². The van der Waals surface area contributed by atoms with Crippen molar-refractivity contribution in [1.29, 1.82) is 0 Å². The Morgan fingerprint density at radius 1 is 1.04 bits per heavy atom. The highest BCUT2D eigenvalue weighted by Gasteiger charge is 2.30. The normalized spacial score (nSPS) is 16.4. The highest BCUT2D eigenvalue weighted by atomic mass is 19.1. The molecule has 1 saturated carbocycles. The summed E-state index contributed by atoms with van der Waals surface area (Å²) >= 11 is 0. The van der Waals surface area contributed by atoms with Crippen LogP contribution in [0.1, 0.15) is 49.4 Å². The van der Waals surface area contributed by atoms with Crippen LogP contribution < -0.4 is 9.47 Å². The first-order valence-electron chi connectivity index (χ1n) is 8.32. The molecule has 1 fully saturated rings. The van der Waals surface area contributed by atoms with Crippen LogP contribution in [0.2, 0.25) is 0 Å². The summed E-state index contributed by atoms with van der Waals surface area (Å²) in [5, 5.41) is 0. The first-order chi connectivity index (χ1) is 11.6. The van der Waals surface area contributed by atoms with Gasteiger partial charge in [0.05, 0.1) is 5.56 Å². The Morgan fingerprint density at radius 2 is 1.75 bits per heavy atom. The summed E-state index contributed by atoms with van der Waals surface area (Å²) in [7, 11) is 0. The van der Waals surface area contributed by atoms with E-state index in [0.29, 0.717) is 5.75 Å². The molecule has 0 aromatic heterocycles. The minimum absolute atomic E-state index is 0.113. The van der Waals surface area contributed by atoms with E-state index in [1.54, 1.807) is 24.3 Å². The SMILES string of the molecule is CC1(Oc2cc(C(=O)Oc3ccccc3)ccc2F)CCCCC1. The second kappa shape index (κ2) is 7.04. The van der Waals surface area contributed by atoms with Gasteiger partial charge in [0.15, 0.2) is 11.6 Å². The first-order valence-corrected chi connectivity index (χ1v) is 8.32. The molecule has 0 bridgehead atoms. The number of carbonyl (C=O) groups excluding carboxylic acids is 1. The Balaban J connectivity index is 1.77. The van der Waals surface area contributed by atoms with Crippen molar-refractivity contribution in [3.05, 3.63) is 59.9 Å². The largest absolute Gasteiger partial charge is 0.484 e. The molecule has 0 aliphatic heterocycles. The molecule has 1 aliphatic carbocycles. The van der Waals surface area contributed by atoms with Crippen molar-refractivity contribution in [2.75, 3.05) is 0 Å². The van der Waals surface area contributed by atoms with E-state index in [9.17, 15) is 9.18 Å². The van der Waals surface area contributed by atoms with E-state index in [-0.39, 0.29) is 16.9 Å². The molecule has 3 nitrogen and oxygen atoms in total. The minimum Gasteiger partial charge on any atom is -0.484 e. The maximum atomic E-state index is 14.1. The molecule has 0 amide bonds. The lowest BCUT2D eigenvalue weighted by molar-refractivity contribution is 0.0444. The number of para-hydroxylation sites is 1. The van der Waals surface area contributed by atoms with Gasteiger partial charge in [-0.15, -0.1) is 0 Å². The average molecular weight is 328 g/mol. The fourth-order valence-corrected chi connectivity index (χ4v) is 3.03. The third kappa shape index (κ3) is 3.94. The quantitative estimate of drug-likeness (QED) is 0.575. The summed E-state index contributed by atoms with van der Waals surface area (Å²) in [4.78, 5) is 12.2. The lowest BCUT2D eigenvalue weighted by Crippen LogP contribution is -2.34.